The highest BCUT2D eigenvalue weighted by atomic mass is 16.1. The Morgan fingerprint density at radius 1 is 1.55 bits per heavy atom. The molecule has 3 nitrogen and oxygen atoms in total. The van der Waals surface area contributed by atoms with Gasteiger partial charge in [-0.3, -0.25) is 10.1 Å². The van der Waals surface area contributed by atoms with Crippen molar-refractivity contribution in [3.05, 3.63) is 12.2 Å². The summed E-state index contributed by atoms with van der Waals surface area (Å²) in [6, 6.07) is 0. The fraction of sp³-hybridized carbons (Fsp3) is 0.500. The molecule has 0 aromatic rings. The summed E-state index contributed by atoms with van der Waals surface area (Å²) in [4.78, 5) is 10.7. The minimum Gasteiger partial charge on any atom is -0.269 e. The molecule has 0 aromatic carbocycles. The van der Waals surface area contributed by atoms with Crippen molar-refractivity contribution in [2.75, 3.05) is 0 Å². The second kappa shape index (κ2) is 3.77. The molecule has 0 heterocycles. The Morgan fingerprint density at radius 2 is 2.09 bits per heavy atom. The Bertz CT molecular complexity index is 205. The number of hydrogen-bond acceptors (Lipinski definition) is 2. The molecular weight excluding hydrogens is 140 g/mol. The lowest BCUT2D eigenvalue weighted by molar-refractivity contribution is -0.115. The first-order valence-electron chi connectivity index (χ1n) is 3.34. The summed E-state index contributed by atoms with van der Waals surface area (Å²) in [5.41, 5.74) is -0.0210. The molecule has 0 radical (unpaired) electrons. The molecule has 0 aromatic heterocycles. The van der Waals surface area contributed by atoms with Crippen LogP contribution in [0.25, 0.3) is 0 Å². The number of carbonyl (C=O) groups excluding carboxylic acids is 1. The van der Waals surface area contributed by atoms with Gasteiger partial charge in [0.1, 0.15) is 0 Å². The molecular formula is C8H12N2O. The molecule has 60 valence electrons. The van der Waals surface area contributed by atoms with Gasteiger partial charge >= 0.3 is 0 Å². The largest absolute Gasteiger partial charge is 0.269 e. The lowest BCUT2D eigenvalue weighted by atomic mass is 9.96. The van der Waals surface area contributed by atoms with Crippen molar-refractivity contribution < 1.29 is 4.79 Å². The highest BCUT2D eigenvalue weighted by Crippen LogP contribution is 2.13. The van der Waals surface area contributed by atoms with Gasteiger partial charge < -0.3 is 0 Å². The summed E-state index contributed by atoms with van der Waals surface area (Å²) in [7, 11) is 0. The second-order valence-electron chi connectivity index (χ2n) is 3.30. The Morgan fingerprint density at radius 3 is 2.45 bits per heavy atom. The lowest BCUT2D eigenvalue weighted by Gasteiger charge is -2.09. The van der Waals surface area contributed by atoms with Gasteiger partial charge in [-0.05, 0) is 5.41 Å². The maximum Gasteiger partial charge on any atom is 0.256 e. The van der Waals surface area contributed by atoms with Gasteiger partial charge in [-0.2, -0.15) is 5.26 Å². The minimum absolute atomic E-state index is 0.0210. The van der Waals surface area contributed by atoms with Gasteiger partial charge in [-0.25, -0.2) is 0 Å². The molecule has 0 unspecified atom stereocenters. The molecule has 0 fully saturated rings. The number of amides is 1. The van der Waals surface area contributed by atoms with Crippen LogP contribution in [0.3, 0.4) is 0 Å². The van der Waals surface area contributed by atoms with Crippen LogP contribution in [0.5, 0.6) is 0 Å². The van der Waals surface area contributed by atoms with Crippen molar-refractivity contribution in [1.82, 2.24) is 5.32 Å². The third-order valence-electron chi connectivity index (χ3n) is 0.914. The van der Waals surface area contributed by atoms with Gasteiger partial charge in [0, 0.05) is 6.08 Å². The number of hydrogen-bond donors (Lipinski definition) is 1. The molecule has 0 aliphatic rings. The topological polar surface area (TPSA) is 52.9 Å². The van der Waals surface area contributed by atoms with Crippen molar-refractivity contribution in [3.8, 4) is 6.19 Å². The molecule has 0 rings (SSSR count). The number of nitrogens with one attached hydrogen (secondary N) is 1. The average molecular weight is 152 g/mol. The van der Waals surface area contributed by atoms with Crippen LogP contribution in [-0.2, 0) is 4.79 Å². The van der Waals surface area contributed by atoms with Crippen LogP contribution in [0.4, 0.5) is 0 Å². The van der Waals surface area contributed by atoms with Gasteiger partial charge in [0.15, 0.2) is 6.19 Å². The molecule has 0 atom stereocenters. The van der Waals surface area contributed by atoms with E-state index in [0.717, 1.165) is 0 Å². The van der Waals surface area contributed by atoms with Crippen LogP contribution < -0.4 is 5.32 Å². The molecule has 0 saturated heterocycles. The van der Waals surface area contributed by atoms with E-state index in [2.05, 4.69) is 0 Å². The fourth-order valence-corrected chi connectivity index (χ4v) is 0.422. The number of allylic oxidation sites excluding steroid dienone is 1. The van der Waals surface area contributed by atoms with Crippen molar-refractivity contribution in [1.29, 1.82) is 5.26 Å². The maximum absolute atomic E-state index is 10.7. The van der Waals surface area contributed by atoms with E-state index in [0.29, 0.717) is 0 Å². The molecule has 1 amide bonds. The summed E-state index contributed by atoms with van der Waals surface area (Å²) < 4.78 is 0. The molecule has 3 heteroatoms. The number of nitrogens with zero attached hydrogens (tertiary/aromatic N) is 1. The minimum atomic E-state index is -0.373. The van der Waals surface area contributed by atoms with Crippen LogP contribution in [-0.4, -0.2) is 5.91 Å². The van der Waals surface area contributed by atoms with E-state index in [1.807, 2.05) is 26.1 Å². The predicted molar refractivity (Wildman–Crippen MR) is 42.4 cm³/mol. The monoisotopic (exact) mass is 152 g/mol. The van der Waals surface area contributed by atoms with Crippen molar-refractivity contribution in [3.63, 3.8) is 0 Å². The standard InChI is InChI=1S/C8H12N2O/c1-8(2,3)5-4-7(11)10-6-9/h4-5H,1-3H3,(H,10,11). The van der Waals surface area contributed by atoms with E-state index in [1.54, 1.807) is 12.3 Å². The first kappa shape index (κ1) is 9.70. The molecule has 0 aliphatic carbocycles. The lowest BCUT2D eigenvalue weighted by Crippen LogP contribution is -2.14. The van der Waals surface area contributed by atoms with Crippen LogP contribution >= 0.6 is 0 Å². The first-order chi connectivity index (χ1) is 4.95. The first-order valence-corrected chi connectivity index (χ1v) is 3.34. The van der Waals surface area contributed by atoms with Crippen LogP contribution in [0.2, 0.25) is 0 Å². The molecule has 1 N–H and O–H groups in total. The normalized spacial score (nSPS) is 11.1. The maximum atomic E-state index is 10.7. The van der Waals surface area contributed by atoms with E-state index in [9.17, 15) is 4.79 Å². The molecule has 11 heavy (non-hydrogen) atoms. The molecule has 0 spiro atoms. The van der Waals surface area contributed by atoms with Crippen LogP contribution in [0.15, 0.2) is 12.2 Å². The van der Waals surface area contributed by atoms with Gasteiger partial charge in [-0.1, -0.05) is 26.8 Å². The van der Waals surface area contributed by atoms with Crippen molar-refractivity contribution in [2.45, 2.75) is 20.8 Å². The van der Waals surface area contributed by atoms with E-state index < -0.39 is 0 Å². The smallest absolute Gasteiger partial charge is 0.256 e. The summed E-state index contributed by atoms with van der Waals surface area (Å²) in [6.45, 7) is 5.93. The SMILES string of the molecule is CC(C)(C)C=CC(=O)NC#N. The average Bonchev–Trinajstić information content (AvgIpc) is 1.83. The van der Waals surface area contributed by atoms with Gasteiger partial charge in [-0.15, -0.1) is 0 Å². The zero-order chi connectivity index (χ0) is 8.91. The number of carbonyl (C=O) groups is 1. The Balaban J connectivity index is 3.96. The predicted octanol–water partition coefficient (Wildman–Crippen LogP) is 1.19. The Labute approximate surface area is 66.7 Å². The number of nitriles is 1. The third kappa shape index (κ3) is 6.59. The highest BCUT2D eigenvalue weighted by Gasteiger charge is 2.04. The van der Waals surface area contributed by atoms with E-state index >= 15 is 0 Å². The molecule has 0 aliphatic heterocycles. The Hall–Kier alpha value is -1.30. The Kier molecular flexibility index (Phi) is 3.32. The van der Waals surface area contributed by atoms with Gasteiger partial charge in [0.05, 0.1) is 0 Å². The van der Waals surface area contributed by atoms with E-state index in [1.165, 1.54) is 6.08 Å². The molecule has 0 bridgehead atoms. The van der Waals surface area contributed by atoms with Gasteiger partial charge in [0.2, 0.25) is 0 Å². The zero-order valence-electron chi connectivity index (χ0n) is 7.01. The molecule has 0 saturated carbocycles. The van der Waals surface area contributed by atoms with Crippen LogP contribution in [0, 0.1) is 16.9 Å². The van der Waals surface area contributed by atoms with Gasteiger partial charge in [0.25, 0.3) is 5.91 Å². The summed E-state index contributed by atoms with van der Waals surface area (Å²) >= 11 is 0. The summed E-state index contributed by atoms with van der Waals surface area (Å²) in [5, 5.41) is 10.0. The van der Waals surface area contributed by atoms with E-state index in [-0.39, 0.29) is 11.3 Å². The van der Waals surface area contributed by atoms with Crippen LogP contribution in [0.1, 0.15) is 20.8 Å². The summed E-state index contributed by atoms with van der Waals surface area (Å²) in [5.74, 6) is -0.373. The number of rotatable bonds is 1. The zero-order valence-corrected chi connectivity index (χ0v) is 7.01. The third-order valence-corrected chi connectivity index (χ3v) is 0.914. The second-order valence-corrected chi connectivity index (χ2v) is 3.30. The van der Waals surface area contributed by atoms with E-state index in [4.69, 9.17) is 5.26 Å². The fourth-order valence-electron chi connectivity index (χ4n) is 0.422. The quantitative estimate of drug-likeness (QED) is 0.348. The highest BCUT2D eigenvalue weighted by molar-refractivity contribution is 5.88. The van der Waals surface area contributed by atoms with Crippen molar-refractivity contribution in [2.24, 2.45) is 5.41 Å². The summed E-state index contributed by atoms with van der Waals surface area (Å²) in [6.07, 6.45) is 4.67. The van der Waals surface area contributed by atoms with Crippen molar-refractivity contribution >= 4 is 5.91 Å².